The van der Waals surface area contributed by atoms with Gasteiger partial charge in [0.1, 0.15) is 11.6 Å². The van der Waals surface area contributed by atoms with Crippen LogP contribution in [0.15, 0.2) is 29.2 Å². The topological polar surface area (TPSA) is 54.3 Å². The zero-order chi connectivity index (χ0) is 6.97. The van der Waals surface area contributed by atoms with Gasteiger partial charge in [-0.25, -0.2) is 4.98 Å². The average molecular weight is 135 g/mol. The first-order valence-corrected chi connectivity index (χ1v) is 2.84. The van der Waals surface area contributed by atoms with E-state index in [1.54, 1.807) is 18.5 Å². The molecule has 0 amide bonds. The molecule has 2 aromatic rings. The van der Waals surface area contributed by atoms with Gasteiger partial charge in [0.25, 0.3) is 0 Å². The zero-order valence-electron chi connectivity index (χ0n) is 5.11. The second kappa shape index (κ2) is 1.70. The Bertz CT molecular complexity index is 400. The minimum absolute atomic E-state index is 0.372. The van der Waals surface area contributed by atoms with Gasteiger partial charge in [-0.3, -0.25) is 5.41 Å². The highest BCUT2D eigenvalue weighted by molar-refractivity contribution is 5.32. The fourth-order valence-electron chi connectivity index (χ4n) is 0.804. The SMILES string of the molecule is N=c1ccon2ccnc12. The lowest BCUT2D eigenvalue weighted by molar-refractivity contribution is 0.359. The number of imidazole rings is 1. The minimum Gasteiger partial charge on any atom is -0.381 e. The number of fused-ring (bicyclic) bond motifs is 1. The highest BCUT2D eigenvalue weighted by Crippen LogP contribution is 1.90. The summed E-state index contributed by atoms with van der Waals surface area (Å²) in [5.74, 6) is 0. The van der Waals surface area contributed by atoms with Crippen LogP contribution in [0.1, 0.15) is 0 Å². The van der Waals surface area contributed by atoms with E-state index in [4.69, 9.17) is 9.93 Å². The molecule has 2 aromatic heterocycles. The van der Waals surface area contributed by atoms with Crippen LogP contribution in [0.3, 0.4) is 0 Å². The van der Waals surface area contributed by atoms with Crippen molar-refractivity contribution in [2.24, 2.45) is 0 Å². The van der Waals surface area contributed by atoms with Crippen LogP contribution in [0, 0.1) is 5.41 Å². The molecule has 0 saturated heterocycles. The molecule has 10 heavy (non-hydrogen) atoms. The average Bonchev–Trinajstić information content (AvgIpc) is 2.36. The Morgan fingerprint density at radius 1 is 1.60 bits per heavy atom. The Labute approximate surface area is 56.2 Å². The molecule has 0 aliphatic carbocycles. The lowest BCUT2D eigenvalue weighted by Gasteiger charge is -1.87. The van der Waals surface area contributed by atoms with Gasteiger partial charge in [0.05, 0.1) is 6.20 Å². The third-order valence-electron chi connectivity index (χ3n) is 1.26. The Balaban J connectivity index is 3.09. The first-order chi connectivity index (χ1) is 4.88. The second-order valence-corrected chi connectivity index (χ2v) is 1.90. The summed E-state index contributed by atoms with van der Waals surface area (Å²) in [5.41, 5.74) is 0.544. The molecule has 2 heterocycles. The van der Waals surface area contributed by atoms with E-state index in [0.717, 1.165) is 0 Å². The number of hydrogen-bond acceptors (Lipinski definition) is 3. The monoisotopic (exact) mass is 135 g/mol. The van der Waals surface area contributed by atoms with E-state index in [9.17, 15) is 0 Å². The molecule has 0 unspecified atom stereocenters. The molecule has 0 fully saturated rings. The van der Waals surface area contributed by atoms with E-state index in [1.165, 1.54) is 10.8 Å². The van der Waals surface area contributed by atoms with Crippen molar-refractivity contribution in [2.45, 2.75) is 0 Å². The van der Waals surface area contributed by atoms with E-state index in [1.807, 2.05) is 0 Å². The molecule has 0 saturated carbocycles. The fourth-order valence-corrected chi connectivity index (χ4v) is 0.804. The fraction of sp³-hybridized carbons (Fsp3) is 0. The first kappa shape index (κ1) is 5.22. The molecule has 1 N–H and O–H groups in total. The van der Waals surface area contributed by atoms with E-state index < -0.39 is 0 Å². The van der Waals surface area contributed by atoms with Crippen LogP contribution in [0.25, 0.3) is 5.65 Å². The Kier molecular flexibility index (Phi) is 0.887. The summed E-state index contributed by atoms with van der Waals surface area (Å²) in [6.07, 6.45) is 4.71. The van der Waals surface area contributed by atoms with Gasteiger partial charge >= 0.3 is 0 Å². The second-order valence-electron chi connectivity index (χ2n) is 1.90. The molecular formula is C6H5N3O. The summed E-state index contributed by atoms with van der Waals surface area (Å²) in [6, 6.07) is 1.56. The van der Waals surface area contributed by atoms with Crippen LogP contribution >= 0.6 is 0 Å². The summed E-state index contributed by atoms with van der Waals surface area (Å²) < 4.78 is 6.41. The Morgan fingerprint density at radius 3 is 3.30 bits per heavy atom. The van der Waals surface area contributed by atoms with Gasteiger partial charge in [0, 0.05) is 12.3 Å². The van der Waals surface area contributed by atoms with E-state index in [2.05, 4.69) is 4.98 Å². The van der Waals surface area contributed by atoms with Crippen molar-refractivity contribution in [3.05, 3.63) is 30.1 Å². The van der Waals surface area contributed by atoms with Crippen molar-refractivity contribution in [1.29, 1.82) is 5.41 Å². The van der Waals surface area contributed by atoms with E-state index in [0.29, 0.717) is 11.0 Å². The van der Waals surface area contributed by atoms with Gasteiger partial charge in [-0.1, -0.05) is 0 Å². The largest absolute Gasteiger partial charge is 0.381 e. The molecule has 0 aliphatic rings. The van der Waals surface area contributed by atoms with Crippen molar-refractivity contribution in [3.63, 3.8) is 0 Å². The predicted octanol–water partition coefficient (Wildman–Crippen LogP) is 0.407. The molecule has 0 aliphatic heterocycles. The molecular weight excluding hydrogens is 130 g/mol. The number of aromatic nitrogens is 2. The van der Waals surface area contributed by atoms with Crippen molar-refractivity contribution >= 4 is 5.65 Å². The minimum atomic E-state index is 0.372. The van der Waals surface area contributed by atoms with Crippen LogP contribution in [-0.4, -0.2) is 9.56 Å². The molecule has 0 spiro atoms. The van der Waals surface area contributed by atoms with Crippen LogP contribution in [-0.2, 0) is 0 Å². The van der Waals surface area contributed by atoms with E-state index >= 15 is 0 Å². The maximum Gasteiger partial charge on any atom is 0.194 e. The van der Waals surface area contributed by atoms with Crippen molar-refractivity contribution < 1.29 is 4.52 Å². The summed E-state index contributed by atoms with van der Waals surface area (Å²) in [4.78, 5) is 3.90. The van der Waals surface area contributed by atoms with Crippen LogP contribution < -0.4 is 5.36 Å². The van der Waals surface area contributed by atoms with Crippen molar-refractivity contribution in [1.82, 2.24) is 9.56 Å². The molecule has 0 bridgehead atoms. The molecule has 50 valence electrons. The maximum atomic E-state index is 7.34. The third kappa shape index (κ3) is 0.556. The standard InChI is InChI=1S/C6H5N3O/c7-5-1-4-10-9-3-2-8-6(5)9/h1-4,7H. The van der Waals surface area contributed by atoms with Gasteiger partial charge in [-0.05, 0) is 0 Å². The van der Waals surface area contributed by atoms with Gasteiger partial charge in [0.15, 0.2) is 5.65 Å². The predicted molar refractivity (Wildman–Crippen MR) is 33.3 cm³/mol. The van der Waals surface area contributed by atoms with Gasteiger partial charge in [-0.2, -0.15) is 4.57 Å². The van der Waals surface area contributed by atoms with Gasteiger partial charge in [0.2, 0.25) is 0 Å². The van der Waals surface area contributed by atoms with Crippen LogP contribution in [0.2, 0.25) is 0 Å². The number of rotatable bonds is 0. The molecule has 4 heteroatoms. The molecule has 4 nitrogen and oxygen atoms in total. The molecule has 0 aromatic carbocycles. The molecule has 0 atom stereocenters. The Morgan fingerprint density at radius 2 is 2.50 bits per heavy atom. The quantitative estimate of drug-likeness (QED) is 0.568. The third-order valence-corrected chi connectivity index (χ3v) is 1.26. The zero-order valence-corrected chi connectivity index (χ0v) is 5.11. The number of nitrogens with one attached hydrogen (secondary N) is 1. The van der Waals surface area contributed by atoms with Crippen molar-refractivity contribution in [3.8, 4) is 0 Å². The summed E-state index contributed by atoms with van der Waals surface area (Å²) in [7, 11) is 0. The maximum absolute atomic E-state index is 7.34. The normalized spacial score (nSPS) is 10.4. The smallest absolute Gasteiger partial charge is 0.194 e. The Hall–Kier alpha value is -1.58. The molecule has 2 rings (SSSR count). The first-order valence-electron chi connectivity index (χ1n) is 2.84. The summed E-state index contributed by atoms with van der Waals surface area (Å²) in [6.45, 7) is 0. The van der Waals surface area contributed by atoms with Gasteiger partial charge < -0.3 is 4.52 Å². The lowest BCUT2D eigenvalue weighted by atomic mass is 10.5. The summed E-state index contributed by atoms with van der Waals surface area (Å²) >= 11 is 0. The van der Waals surface area contributed by atoms with Crippen molar-refractivity contribution in [2.75, 3.05) is 0 Å². The highest BCUT2D eigenvalue weighted by Gasteiger charge is 1.93. The number of nitrogens with zero attached hydrogens (tertiary/aromatic N) is 2. The van der Waals surface area contributed by atoms with Crippen LogP contribution in [0.5, 0.6) is 0 Å². The lowest BCUT2D eigenvalue weighted by Crippen LogP contribution is -2.02. The van der Waals surface area contributed by atoms with E-state index in [-0.39, 0.29) is 0 Å². The number of hydrogen-bond donors (Lipinski definition) is 1. The van der Waals surface area contributed by atoms with Gasteiger partial charge in [-0.15, -0.1) is 0 Å². The summed E-state index contributed by atoms with van der Waals surface area (Å²) in [5, 5.41) is 7.71. The highest BCUT2D eigenvalue weighted by atomic mass is 16.5. The molecule has 0 radical (unpaired) electrons. The van der Waals surface area contributed by atoms with Crippen LogP contribution in [0.4, 0.5) is 0 Å².